The first-order chi connectivity index (χ1) is 8.69. The zero-order chi connectivity index (χ0) is 13.0. The van der Waals surface area contributed by atoms with Crippen molar-refractivity contribution in [2.45, 2.75) is 13.5 Å². The van der Waals surface area contributed by atoms with Gasteiger partial charge in [0.05, 0.1) is 17.3 Å². The van der Waals surface area contributed by atoms with Gasteiger partial charge in [-0.15, -0.1) is 0 Å². The average molecular weight is 238 g/mol. The maximum absolute atomic E-state index is 8.71. The number of anilines is 2. The minimum Gasteiger partial charge on any atom is -0.396 e. The minimum absolute atomic E-state index is 0.631. The molecule has 0 aliphatic rings. The van der Waals surface area contributed by atoms with Gasteiger partial charge in [-0.3, -0.25) is 0 Å². The Kier molecular flexibility index (Phi) is 3.44. The molecule has 0 fully saturated rings. The van der Waals surface area contributed by atoms with Crippen LogP contribution in [0.4, 0.5) is 11.5 Å². The van der Waals surface area contributed by atoms with Crippen LogP contribution in [-0.2, 0) is 6.54 Å². The van der Waals surface area contributed by atoms with E-state index in [1.54, 1.807) is 12.1 Å². The molecular formula is C14H14N4. The summed E-state index contributed by atoms with van der Waals surface area (Å²) < 4.78 is 0. The van der Waals surface area contributed by atoms with Gasteiger partial charge in [0, 0.05) is 12.2 Å². The van der Waals surface area contributed by atoms with Crippen LogP contribution in [0.25, 0.3) is 0 Å². The fourth-order valence-corrected chi connectivity index (χ4v) is 1.59. The fraction of sp³-hybridized carbons (Fsp3) is 0.143. The van der Waals surface area contributed by atoms with Crippen molar-refractivity contribution in [3.05, 3.63) is 53.2 Å². The van der Waals surface area contributed by atoms with Gasteiger partial charge in [-0.05, 0) is 36.8 Å². The first-order valence-corrected chi connectivity index (χ1v) is 5.65. The molecule has 4 nitrogen and oxygen atoms in total. The van der Waals surface area contributed by atoms with Gasteiger partial charge in [0.25, 0.3) is 0 Å². The smallest absolute Gasteiger partial charge is 0.149 e. The molecule has 0 aliphatic heterocycles. The number of hydrogen-bond donors (Lipinski definition) is 2. The van der Waals surface area contributed by atoms with E-state index in [9.17, 15) is 0 Å². The molecule has 0 bridgehead atoms. The van der Waals surface area contributed by atoms with E-state index in [1.807, 2.05) is 31.2 Å². The number of nitrogens with one attached hydrogen (secondary N) is 1. The number of benzene rings is 1. The monoisotopic (exact) mass is 238 g/mol. The largest absolute Gasteiger partial charge is 0.396 e. The SMILES string of the molecule is Cc1ccc(N)c(NCc2ccc(C#N)cc2)n1. The van der Waals surface area contributed by atoms with Gasteiger partial charge in [-0.25, -0.2) is 4.98 Å². The highest BCUT2D eigenvalue weighted by molar-refractivity contribution is 5.61. The lowest BCUT2D eigenvalue weighted by Gasteiger charge is -2.09. The number of nitrogens with two attached hydrogens (primary N) is 1. The Morgan fingerprint density at radius 2 is 1.94 bits per heavy atom. The summed E-state index contributed by atoms with van der Waals surface area (Å²) in [5.41, 5.74) is 9.13. The van der Waals surface area contributed by atoms with Gasteiger partial charge in [0.15, 0.2) is 0 Å². The molecule has 0 saturated carbocycles. The van der Waals surface area contributed by atoms with Crippen LogP contribution in [0.5, 0.6) is 0 Å². The lowest BCUT2D eigenvalue weighted by molar-refractivity contribution is 1.09. The van der Waals surface area contributed by atoms with Crippen LogP contribution in [0.15, 0.2) is 36.4 Å². The molecule has 0 aliphatic carbocycles. The van der Waals surface area contributed by atoms with Crippen molar-refractivity contribution >= 4 is 11.5 Å². The van der Waals surface area contributed by atoms with E-state index >= 15 is 0 Å². The summed E-state index contributed by atoms with van der Waals surface area (Å²) in [6.07, 6.45) is 0. The number of hydrogen-bond acceptors (Lipinski definition) is 4. The highest BCUT2D eigenvalue weighted by atomic mass is 15.0. The number of nitriles is 1. The van der Waals surface area contributed by atoms with Crippen LogP contribution < -0.4 is 11.1 Å². The summed E-state index contributed by atoms with van der Waals surface area (Å²) in [4.78, 5) is 4.33. The first-order valence-electron chi connectivity index (χ1n) is 5.65. The topological polar surface area (TPSA) is 74.7 Å². The van der Waals surface area contributed by atoms with E-state index in [0.29, 0.717) is 23.6 Å². The Morgan fingerprint density at radius 1 is 1.22 bits per heavy atom. The number of pyridine rings is 1. The van der Waals surface area contributed by atoms with E-state index in [0.717, 1.165) is 11.3 Å². The Morgan fingerprint density at radius 3 is 2.61 bits per heavy atom. The predicted molar refractivity (Wildman–Crippen MR) is 71.9 cm³/mol. The third kappa shape index (κ3) is 2.77. The molecule has 1 aromatic heterocycles. The highest BCUT2D eigenvalue weighted by Gasteiger charge is 2.01. The van der Waals surface area contributed by atoms with Crippen LogP contribution in [0, 0.1) is 18.3 Å². The zero-order valence-electron chi connectivity index (χ0n) is 10.1. The molecule has 1 heterocycles. The average Bonchev–Trinajstić information content (AvgIpc) is 2.40. The second kappa shape index (κ2) is 5.19. The molecule has 0 unspecified atom stereocenters. The Bertz CT molecular complexity index is 582. The molecule has 0 amide bonds. The number of rotatable bonds is 3. The molecule has 3 N–H and O–H groups in total. The van der Waals surface area contributed by atoms with Crippen molar-refractivity contribution < 1.29 is 0 Å². The third-order valence-corrected chi connectivity index (χ3v) is 2.61. The van der Waals surface area contributed by atoms with Crippen molar-refractivity contribution in [2.24, 2.45) is 0 Å². The lowest BCUT2D eigenvalue weighted by atomic mass is 10.1. The van der Waals surface area contributed by atoms with E-state index in [2.05, 4.69) is 16.4 Å². The van der Waals surface area contributed by atoms with Crippen molar-refractivity contribution in [3.63, 3.8) is 0 Å². The molecule has 1 aromatic carbocycles. The number of nitrogens with zero attached hydrogens (tertiary/aromatic N) is 2. The van der Waals surface area contributed by atoms with Gasteiger partial charge in [0.2, 0.25) is 0 Å². The Balaban J connectivity index is 2.07. The molecule has 0 atom stereocenters. The second-order valence-electron chi connectivity index (χ2n) is 4.05. The van der Waals surface area contributed by atoms with Crippen LogP contribution in [0.3, 0.4) is 0 Å². The quantitative estimate of drug-likeness (QED) is 0.861. The van der Waals surface area contributed by atoms with E-state index in [1.165, 1.54) is 0 Å². The maximum atomic E-state index is 8.71. The molecule has 0 radical (unpaired) electrons. The summed E-state index contributed by atoms with van der Waals surface area (Å²) in [6, 6.07) is 13.2. The summed E-state index contributed by atoms with van der Waals surface area (Å²) in [7, 11) is 0. The van der Waals surface area contributed by atoms with Gasteiger partial charge in [0.1, 0.15) is 5.82 Å². The van der Waals surface area contributed by atoms with Crippen molar-refractivity contribution in [1.82, 2.24) is 4.98 Å². The highest BCUT2D eigenvalue weighted by Crippen LogP contribution is 2.16. The van der Waals surface area contributed by atoms with E-state index in [4.69, 9.17) is 11.0 Å². The first kappa shape index (κ1) is 11.9. The van der Waals surface area contributed by atoms with Crippen molar-refractivity contribution in [3.8, 4) is 6.07 Å². The minimum atomic E-state index is 0.631. The molecule has 0 spiro atoms. The summed E-state index contributed by atoms with van der Waals surface area (Å²) in [6.45, 7) is 2.55. The van der Waals surface area contributed by atoms with Crippen molar-refractivity contribution in [2.75, 3.05) is 11.1 Å². The Hall–Kier alpha value is -2.54. The van der Waals surface area contributed by atoms with E-state index < -0.39 is 0 Å². The standard InChI is InChI=1S/C14H14N4/c1-10-2-7-13(16)14(18-10)17-9-12-5-3-11(8-15)4-6-12/h2-7H,9,16H2,1H3,(H,17,18). The van der Waals surface area contributed by atoms with Gasteiger partial charge in [-0.1, -0.05) is 12.1 Å². The number of aromatic nitrogens is 1. The normalized spacial score (nSPS) is 9.78. The van der Waals surface area contributed by atoms with Crippen LogP contribution in [0.2, 0.25) is 0 Å². The van der Waals surface area contributed by atoms with Crippen LogP contribution in [-0.4, -0.2) is 4.98 Å². The zero-order valence-corrected chi connectivity index (χ0v) is 10.1. The molecule has 0 saturated heterocycles. The maximum Gasteiger partial charge on any atom is 0.149 e. The number of aryl methyl sites for hydroxylation is 1. The predicted octanol–water partition coefficient (Wildman–Crippen LogP) is 2.46. The molecule has 2 rings (SSSR count). The summed E-state index contributed by atoms with van der Waals surface area (Å²) >= 11 is 0. The molecule has 4 heteroatoms. The second-order valence-corrected chi connectivity index (χ2v) is 4.05. The van der Waals surface area contributed by atoms with E-state index in [-0.39, 0.29) is 0 Å². The molecule has 2 aromatic rings. The molecular weight excluding hydrogens is 224 g/mol. The summed E-state index contributed by atoms with van der Waals surface area (Å²) in [5, 5.41) is 11.9. The van der Waals surface area contributed by atoms with Gasteiger partial charge < -0.3 is 11.1 Å². The lowest BCUT2D eigenvalue weighted by Crippen LogP contribution is -2.05. The van der Waals surface area contributed by atoms with Gasteiger partial charge in [-0.2, -0.15) is 5.26 Å². The number of nitrogen functional groups attached to an aromatic ring is 1. The molecule has 18 heavy (non-hydrogen) atoms. The fourth-order valence-electron chi connectivity index (χ4n) is 1.59. The third-order valence-electron chi connectivity index (χ3n) is 2.61. The van der Waals surface area contributed by atoms with Crippen molar-refractivity contribution in [1.29, 1.82) is 5.26 Å². The molecule has 90 valence electrons. The van der Waals surface area contributed by atoms with Gasteiger partial charge >= 0.3 is 0 Å². The Labute approximate surface area is 106 Å². The summed E-state index contributed by atoms with van der Waals surface area (Å²) in [5.74, 6) is 0.694. The van der Waals surface area contributed by atoms with Crippen LogP contribution >= 0.6 is 0 Å². The van der Waals surface area contributed by atoms with Crippen LogP contribution in [0.1, 0.15) is 16.8 Å².